The Labute approximate surface area is 180 Å². The minimum Gasteiger partial charge on any atom is -0.352 e. The Morgan fingerprint density at radius 1 is 1.16 bits per heavy atom. The fourth-order valence-electron chi connectivity index (χ4n) is 3.27. The minimum absolute atomic E-state index is 0.0221. The van der Waals surface area contributed by atoms with Gasteiger partial charge >= 0.3 is 6.18 Å². The number of amides is 2. The van der Waals surface area contributed by atoms with Gasteiger partial charge in [-0.25, -0.2) is 4.68 Å². The summed E-state index contributed by atoms with van der Waals surface area (Å²) in [5, 5.41) is 12.2. The molecule has 0 unspecified atom stereocenters. The molecule has 32 heavy (non-hydrogen) atoms. The van der Waals surface area contributed by atoms with E-state index in [1.807, 2.05) is 23.5 Å². The fourth-order valence-corrected chi connectivity index (χ4v) is 3.27. The summed E-state index contributed by atoms with van der Waals surface area (Å²) in [5.74, 6) is 0.0132. The lowest BCUT2D eigenvalue weighted by molar-refractivity contribution is -0.123. The Morgan fingerprint density at radius 3 is 2.62 bits per heavy atom. The number of nitrogens with zero attached hydrogens (tertiary/aromatic N) is 3. The number of carbonyl (C=O) groups is 2. The number of carbonyl (C=O) groups excluding carboxylic acids is 2. The van der Waals surface area contributed by atoms with E-state index in [4.69, 9.17) is 0 Å². The zero-order valence-electron chi connectivity index (χ0n) is 17.0. The molecule has 2 heterocycles. The molecule has 4 rings (SSSR count). The van der Waals surface area contributed by atoms with Crippen molar-refractivity contribution < 1.29 is 22.8 Å². The number of aromatic nitrogens is 3. The van der Waals surface area contributed by atoms with Crippen molar-refractivity contribution in [1.82, 2.24) is 25.4 Å². The van der Waals surface area contributed by atoms with Crippen LogP contribution < -0.4 is 16.0 Å². The maximum Gasteiger partial charge on any atom is 0.405 e. The Balaban J connectivity index is 1.47. The molecule has 3 aromatic rings. The van der Waals surface area contributed by atoms with Gasteiger partial charge in [-0.1, -0.05) is 18.2 Å². The molecule has 0 bridgehead atoms. The zero-order chi connectivity index (χ0) is 22.9. The van der Waals surface area contributed by atoms with Crippen molar-refractivity contribution in [2.45, 2.75) is 19.1 Å². The van der Waals surface area contributed by atoms with Crippen molar-refractivity contribution in [3.8, 4) is 11.4 Å². The van der Waals surface area contributed by atoms with Gasteiger partial charge in [0.15, 0.2) is 5.82 Å². The van der Waals surface area contributed by atoms with E-state index in [9.17, 15) is 22.8 Å². The van der Waals surface area contributed by atoms with Crippen LogP contribution in [0.4, 0.5) is 24.8 Å². The highest BCUT2D eigenvalue weighted by Crippen LogP contribution is 2.24. The van der Waals surface area contributed by atoms with E-state index in [-0.39, 0.29) is 11.5 Å². The van der Waals surface area contributed by atoms with Gasteiger partial charge in [0.05, 0.1) is 6.42 Å². The van der Waals surface area contributed by atoms with Gasteiger partial charge in [-0.3, -0.25) is 9.59 Å². The monoisotopic (exact) mass is 444 g/mol. The van der Waals surface area contributed by atoms with Gasteiger partial charge in [-0.2, -0.15) is 18.2 Å². The Morgan fingerprint density at radius 2 is 1.91 bits per heavy atom. The second-order valence-corrected chi connectivity index (χ2v) is 7.32. The second-order valence-electron chi connectivity index (χ2n) is 7.32. The van der Waals surface area contributed by atoms with Crippen LogP contribution in [0.5, 0.6) is 0 Å². The average molecular weight is 444 g/mol. The van der Waals surface area contributed by atoms with Crippen LogP contribution >= 0.6 is 0 Å². The zero-order valence-corrected chi connectivity index (χ0v) is 17.0. The van der Waals surface area contributed by atoms with Crippen LogP contribution in [-0.4, -0.2) is 39.3 Å². The van der Waals surface area contributed by atoms with Crippen molar-refractivity contribution in [2.75, 3.05) is 11.9 Å². The van der Waals surface area contributed by atoms with Crippen LogP contribution in [0.25, 0.3) is 11.4 Å². The van der Waals surface area contributed by atoms with Gasteiger partial charge in [0.2, 0.25) is 11.9 Å². The number of rotatable bonds is 5. The van der Waals surface area contributed by atoms with Gasteiger partial charge in [0.25, 0.3) is 5.91 Å². The number of nitrogens with one attached hydrogen (secondary N) is 3. The van der Waals surface area contributed by atoms with Gasteiger partial charge < -0.3 is 16.0 Å². The maximum absolute atomic E-state index is 12.3. The number of aryl methyl sites for hydroxylation is 1. The Kier molecular flexibility index (Phi) is 5.56. The van der Waals surface area contributed by atoms with Gasteiger partial charge in [0, 0.05) is 30.4 Å². The Hall–Kier alpha value is -3.89. The number of benzene rings is 2. The van der Waals surface area contributed by atoms with E-state index in [1.54, 1.807) is 23.9 Å². The van der Waals surface area contributed by atoms with Crippen LogP contribution in [0.3, 0.4) is 0 Å². The summed E-state index contributed by atoms with van der Waals surface area (Å²) < 4.78 is 38.3. The van der Waals surface area contributed by atoms with Crippen LogP contribution in [0, 0.1) is 0 Å². The maximum atomic E-state index is 12.3. The van der Waals surface area contributed by atoms with Gasteiger partial charge in [0.1, 0.15) is 6.54 Å². The summed E-state index contributed by atoms with van der Waals surface area (Å²) >= 11 is 0. The van der Waals surface area contributed by atoms with Crippen LogP contribution in [0.15, 0.2) is 42.5 Å². The summed E-state index contributed by atoms with van der Waals surface area (Å²) in [7, 11) is 1.71. The summed E-state index contributed by atoms with van der Waals surface area (Å²) in [5.41, 5.74) is 3.47. The van der Waals surface area contributed by atoms with E-state index in [1.165, 1.54) is 12.1 Å². The fraction of sp³-hybridized carbons (Fsp3) is 0.238. The third-order valence-electron chi connectivity index (χ3n) is 4.91. The summed E-state index contributed by atoms with van der Waals surface area (Å²) in [6.45, 7) is -0.884. The highest BCUT2D eigenvalue weighted by Gasteiger charge is 2.28. The molecule has 11 heteroatoms. The molecule has 0 saturated carbocycles. The van der Waals surface area contributed by atoms with Crippen molar-refractivity contribution in [2.24, 2.45) is 7.05 Å². The SMILES string of the molecule is Cn1nc(-c2ccc(C(=O)NCC(F)(F)F)cc2)nc1Nc1ccc2c(c1)CC(=O)NC2. The largest absolute Gasteiger partial charge is 0.405 e. The van der Waals surface area contributed by atoms with Crippen molar-refractivity contribution in [1.29, 1.82) is 0 Å². The smallest absolute Gasteiger partial charge is 0.352 e. The quantitative estimate of drug-likeness (QED) is 0.562. The standard InChI is InChI=1S/C21H19F3N6O2/c1-30-20(27-16-7-6-14-10-25-17(31)9-15(14)8-16)28-18(29-30)12-2-4-13(5-3-12)19(32)26-11-21(22,23)24/h2-8H,9-11H2,1H3,(H,25,31)(H,26,32)(H,27,28,29). The lowest BCUT2D eigenvalue weighted by Crippen LogP contribution is -2.33. The summed E-state index contributed by atoms with van der Waals surface area (Å²) in [6.07, 6.45) is -4.15. The van der Waals surface area contributed by atoms with Crippen molar-refractivity contribution in [3.05, 3.63) is 59.2 Å². The molecule has 1 aromatic heterocycles. The predicted molar refractivity (Wildman–Crippen MR) is 110 cm³/mol. The Bertz CT molecular complexity index is 1170. The normalized spacial score (nSPS) is 13.3. The van der Waals surface area contributed by atoms with E-state index >= 15 is 0 Å². The molecule has 0 fully saturated rings. The molecular weight excluding hydrogens is 425 g/mol. The van der Waals surface area contributed by atoms with Crippen LogP contribution in [0.2, 0.25) is 0 Å². The highest BCUT2D eigenvalue weighted by molar-refractivity contribution is 5.94. The number of fused-ring (bicyclic) bond motifs is 1. The molecule has 166 valence electrons. The number of hydrogen-bond donors (Lipinski definition) is 3. The molecule has 1 aliphatic rings. The van der Waals surface area contributed by atoms with Crippen LogP contribution in [0.1, 0.15) is 21.5 Å². The number of hydrogen-bond acceptors (Lipinski definition) is 5. The minimum atomic E-state index is -4.47. The molecule has 2 amide bonds. The third-order valence-corrected chi connectivity index (χ3v) is 4.91. The van der Waals surface area contributed by atoms with E-state index < -0.39 is 18.6 Å². The molecule has 3 N–H and O–H groups in total. The molecule has 0 saturated heterocycles. The van der Waals surface area contributed by atoms with Crippen molar-refractivity contribution in [3.63, 3.8) is 0 Å². The van der Waals surface area contributed by atoms with Gasteiger partial charge in [-0.05, 0) is 35.4 Å². The van der Waals surface area contributed by atoms with E-state index in [0.29, 0.717) is 30.3 Å². The highest BCUT2D eigenvalue weighted by atomic mass is 19.4. The molecule has 0 atom stereocenters. The first-order valence-corrected chi connectivity index (χ1v) is 9.70. The van der Waals surface area contributed by atoms with Crippen LogP contribution in [-0.2, 0) is 24.8 Å². The molecule has 0 spiro atoms. The molecular formula is C21H19F3N6O2. The number of halogens is 3. The average Bonchev–Trinajstić information content (AvgIpc) is 3.11. The van der Waals surface area contributed by atoms with Gasteiger partial charge in [-0.15, -0.1) is 5.10 Å². The van der Waals surface area contributed by atoms with E-state index in [0.717, 1.165) is 16.8 Å². The number of anilines is 2. The predicted octanol–water partition coefficient (Wildman–Crippen LogP) is 2.69. The lowest BCUT2D eigenvalue weighted by Gasteiger charge is -2.17. The lowest BCUT2D eigenvalue weighted by atomic mass is 10.00. The molecule has 2 aromatic carbocycles. The first-order valence-electron chi connectivity index (χ1n) is 9.70. The first-order chi connectivity index (χ1) is 15.2. The van der Waals surface area contributed by atoms with Crippen molar-refractivity contribution >= 4 is 23.5 Å². The topological polar surface area (TPSA) is 101 Å². The third kappa shape index (κ3) is 4.88. The summed E-state index contributed by atoms with van der Waals surface area (Å²) in [4.78, 5) is 27.9. The van der Waals surface area contributed by atoms with E-state index in [2.05, 4.69) is 20.7 Å². The number of alkyl halides is 3. The molecule has 1 aliphatic heterocycles. The summed E-state index contributed by atoms with van der Waals surface area (Å²) in [6, 6.07) is 11.7. The molecule has 0 radical (unpaired) electrons. The molecule has 8 nitrogen and oxygen atoms in total. The second kappa shape index (κ2) is 8.33. The first kappa shape index (κ1) is 21.3. The molecule has 0 aliphatic carbocycles.